The van der Waals surface area contributed by atoms with Crippen molar-refractivity contribution in [1.82, 2.24) is 0 Å². The number of ketones is 2. The molecule has 0 saturated carbocycles. The molecule has 0 fully saturated rings. The van der Waals surface area contributed by atoms with Crippen LogP contribution in [-0.4, -0.2) is 22.6 Å². The van der Waals surface area contributed by atoms with Gasteiger partial charge in [0.1, 0.15) is 0 Å². The minimum atomic E-state index is -1.98. The highest BCUT2D eigenvalue weighted by Gasteiger charge is 2.44. The van der Waals surface area contributed by atoms with Crippen molar-refractivity contribution in [3.05, 3.63) is 71.5 Å². The molecule has 128 valence electrons. The van der Waals surface area contributed by atoms with Crippen LogP contribution in [0.15, 0.2) is 66.0 Å². The quantitative estimate of drug-likeness (QED) is 0.518. The number of benzene rings is 1. The van der Waals surface area contributed by atoms with E-state index in [1.807, 2.05) is 6.08 Å². The second kappa shape index (κ2) is 6.99. The van der Waals surface area contributed by atoms with Crippen molar-refractivity contribution in [1.29, 1.82) is 0 Å². The van der Waals surface area contributed by atoms with Crippen LogP contribution in [0.25, 0.3) is 0 Å². The Hall–Kier alpha value is -2.79. The molecule has 1 atom stereocenters. The highest BCUT2D eigenvalue weighted by Crippen LogP contribution is 2.37. The third kappa shape index (κ3) is 3.37. The Morgan fingerprint density at radius 3 is 2.52 bits per heavy atom. The molecule has 25 heavy (non-hydrogen) atoms. The second-order valence-electron chi connectivity index (χ2n) is 6.05. The summed E-state index contributed by atoms with van der Waals surface area (Å²) in [6.07, 6.45) is 8.14. The lowest BCUT2D eigenvalue weighted by molar-refractivity contribution is -0.159. The molecule has 1 unspecified atom stereocenters. The monoisotopic (exact) mass is 338 g/mol. The summed E-state index contributed by atoms with van der Waals surface area (Å²) in [4.78, 5) is 36.1. The molecular weight excluding hydrogens is 320 g/mol. The Bertz CT molecular complexity index is 801. The van der Waals surface area contributed by atoms with Crippen molar-refractivity contribution >= 4 is 17.5 Å². The number of aliphatic hydroxyl groups is 1. The average molecular weight is 338 g/mol. The summed E-state index contributed by atoms with van der Waals surface area (Å²) in [5, 5.41) is 11.3. The molecule has 0 spiro atoms. The highest BCUT2D eigenvalue weighted by atomic mass is 16.6. The van der Waals surface area contributed by atoms with Gasteiger partial charge in [-0.15, -0.1) is 0 Å². The summed E-state index contributed by atoms with van der Waals surface area (Å²) in [5.41, 5.74) is -1.05. The van der Waals surface area contributed by atoms with Crippen LogP contribution in [0, 0.1) is 0 Å². The number of allylic oxidation sites excluding steroid dienone is 4. The minimum Gasteiger partial charge on any atom is -0.420 e. The minimum absolute atomic E-state index is 0.372. The molecule has 2 aliphatic rings. The molecular formula is C20H18O5. The topological polar surface area (TPSA) is 80.7 Å². The highest BCUT2D eigenvalue weighted by molar-refractivity contribution is 6.17. The fourth-order valence-electron chi connectivity index (χ4n) is 3.02. The van der Waals surface area contributed by atoms with E-state index in [0.29, 0.717) is 17.6 Å². The normalized spacial score (nSPS) is 19.7. The van der Waals surface area contributed by atoms with Crippen LogP contribution in [0.5, 0.6) is 0 Å². The number of esters is 1. The third-order valence-electron chi connectivity index (χ3n) is 4.36. The van der Waals surface area contributed by atoms with E-state index in [9.17, 15) is 19.5 Å². The maximum absolute atomic E-state index is 12.8. The van der Waals surface area contributed by atoms with Crippen molar-refractivity contribution in [3.8, 4) is 0 Å². The van der Waals surface area contributed by atoms with Crippen LogP contribution in [-0.2, 0) is 24.7 Å². The molecule has 1 aromatic carbocycles. The third-order valence-corrected chi connectivity index (χ3v) is 4.36. The maximum atomic E-state index is 12.8. The van der Waals surface area contributed by atoms with Crippen molar-refractivity contribution in [2.75, 3.05) is 0 Å². The molecule has 5 heteroatoms. The number of hydrogen-bond acceptors (Lipinski definition) is 5. The number of ether oxygens (including phenoxy) is 1. The fraction of sp³-hybridized carbons (Fsp3) is 0.250. The maximum Gasteiger partial charge on any atom is 0.352 e. The largest absolute Gasteiger partial charge is 0.420 e. The van der Waals surface area contributed by atoms with Gasteiger partial charge in [0.25, 0.3) is 0 Å². The molecule has 1 aromatic rings. The number of rotatable bonds is 4. The zero-order chi connectivity index (χ0) is 17.9. The molecule has 0 amide bonds. The first-order valence-corrected chi connectivity index (χ1v) is 8.19. The SMILES string of the molecule is O=C1C=CC(=O)C(OC(=O)C(O)(C2=CCCCC2)c2ccccc2)=C1. The molecule has 0 saturated heterocycles. The molecule has 0 aliphatic heterocycles. The molecule has 0 heterocycles. The molecule has 0 radical (unpaired) electrons. The predicted octanol–water partition coefficient (Wildman–Crippen LogP) is 2.51. The molecule has 1 N–H and O–H groups in total. The lowest BCUT2D eigenvalue weighted by Crippen LogP contribution is -2.40. The smallest absolute Gasteiger partial charge is 0.352 e. The first-order valence-electron chi connectivity index (χ1n) is 8.19. The molecule has 3 rings (SSSR count). The van der Waals surface area contributed by atoms with Gasteiger partial charge in [-0.3, -0.25) is 9.59 Å². The van der Waals surface area contributed by atoms with Crippen molar-refractivity contribution in [3.63, 3.8) is 0 Å². The Kier molecular flexibility index (Phi) is 4.76. The number of carbonyl (C=O) groups is 3. The van der Waals surface area contributed by atoms with Gasteiger partial charge in [-0.2, -0.15) is 0 Å². The summed E-state index contributed by atoms with van der Waals surface area (Å²) >= 11 is 0. The molecule has 0 aromatic heterocycles. The van der Waals surface area contributed by atoms with Crippen LogP contribution < -0.4 is 0 Å². The molecule has 0 bridgehead atoms. The van der Waals surface area contributed by atoms with Crippen LogP contribution >= 0.6 is 0 Å². The van der Waals surface area contributed by atoms with Crippen LogP contribution in [0.4, 0.5) is 0 Å². The number of carbonyl (C=O) groups excluding carboxylic acids is 3. The Morgan fingerprint density at radius 1 is 1.08 bits per heavy atom. The lowest BCUT2D eigenvalue weighted by Gasteiger charge is -2.31. The second-order valence-corrected chi connectivity index (χ2v) is 6.05. The van der Waals surface area contributed by atoms with Crippen molar-refractivity contribution in [2.45, 2.75) is 31.3 Å². The summed E-state index contributed by atoms with van der Waals surface area (Å²) in [6, 6.07) is 8.49. The summed E-state index contributed by atoms with van der Waals surface area (Å²) in [7, 11) is 0. The summed E-state index contributed by atoms with van der Waals surface area (Å²) in [5.74, 6) is -2.37. The van der Waals surface area contributed by atoms with Crippen LogP contribution in [0.2, 0.25) is 0 Å². The van der Waals surface area contributed by atoms with Gasteiger partial charge in [0.15, 0.2) is 11.5 Å². The zero-order valence-electron chi connectivity index (χ0n) is 13.6. The first kappa shape index (κ1) is 17.0. The van der Waals surface area contributed by atoms with E-state index in [0.717, 1.165) is 37.5 Å². The van der Waals surface area contributed by atoms with Gasteiger partial charge in [-0.25, -0.2) is 4.79 Å². The fourth-order valence-corrected chi connectivity index (χ4v) is 3.02. The van der Waals surface area contributed by atoms with Gasteiger partial charge in [0, 0.05) is 6.08 Å². The van der Waals surface area contributed by atoms with E-state index >= 15 is 0 Å². The van der Waals surface area contributed by atoms with Gasteiger partial charge in [-0.05, 0) is 49.0 Å². The van der Waals surface area contributed by atoms with Crippen LogP contribution in [0.1, 0.15) is 31.2 Å². The first-order chi connectivity index (χ1) is 12.0. The van der Waals surface area contributed by atoms with Gasteiger partial charge >= 0.3 is 5.97 Å². The van der Waals surface area contributed by atoms with E-state index < -0.39 is 23.1 Å². The zero-order valence-corrected chi connectivity index (χ0v) is 13.6. The van der Waals surface area contributed by atoms with E-state index in [1.54, 1.807) is 30.3 Å². The van der Waals surface area contributed by atoms with Gasteiger partial charge in [0.2, 0.25) is 11.4 Å². The van der Waals surface area contributed by atoms with Gasteiger partial charge in [-0.1, -0.05) is 36.4 Å². The Morgan fingerprint density at radius 2 is 1.84 bits per heavy atom. The van der Waals surface area contributed by atoms with Crippen molar-refractivity contribution < 1.29 is 24.2 Å². The van der Waals surface area contributed by atoms with E-state index in [2.05, 4.69) is 0 Å². The summed E-state index contributed by atoms with van der Waals surface area (Å²) in [6.45, 7) is 0. The molecule has 5 nitrogen and oxygen atoms in total. The predicted molar refractivity (Wildman–Crippen MR) is 90.2 cm³/mol. The standard InChI is InChI=1S/C20H18O5/c21-16-11-12-17(22)18(13-16)25-19(23)20(24,14-7-3-1-4-8-14)15-9-5-2-6-10-15/h1,3-4,7-9,11-13,24H,2,5-6,10H2. The van der Waals surface area contributed by atoms with Gasteiger partial charge in [0.05, 0.1) is 0 Å². The van der Waals surface area contributed by atoms with E-state index in [1.165, 1.54) is 0 Å². The number of hydrogen-bond donors (Lipinski definition) is 1. The Balaban J connectivity index is 1.97. The summed E-state index contributed by atoms with van der Waals surface area (Å²) < 4.78 is 5.16. The van der Waals surface area contributed by atoms with E-state index in [4.69, 9.17) is 4.74 Å². The molecule has 2 aliphatic carbocycles. The van der Waals surface area contributed by atoms with Gasteiger partial charge < -0.3 is 9.84 Å². The lowest BCUT2D eigenvalue weighted by atomic mass is 9.80. The van der Waals surface area contributed by atoms with Crippen LogP contribution in [0.3, 0.4) is 0 Å². The van der Waals surface area contributed by atoms with Crippen molar-refractivity contribution in [2.24, 2.45) is 0 Å². The van der Waals surface area contributed by atoms with E-state index in [-0.39, 0.29) is 5.76 Å². The average Bonchev–Trinajstić information content (AvgIpc) is 2.65. The Labute approximate surface area is 145 Å².